The normalized spacial score (nSPS) is 22.0. The highest BCUT2D eigenvalue weighted by Crippen LogP contribution is 2.38. The van der Waals surface area contributed by atoms with Gasteiger partial charge in [0.2, 0.25) is 0 Å². The number of carbonyl (C=O) groups excluding carboxylic acids is 3. The number of aryl methyl sites for hydroxylation is 1. The molecule has 256 valence electrons. The Bertz CT molecular complexity index is 1720. The molecule has 3 fully saturated rings. The lowest BCUT2D eigenvalue weighted by atomic mass is 9.71. The minimum atomic E-state index is -0.456. The number of aliphatic hydroxyl groups is 1. The molecule has 3 saturated heterocycles. The fourth-order valence-electron chi connectivity index (χ4n) is 7.61. The minimum absolute atomic E-state index is 0.111. The number of piperidine rings is 1. The van der Waals surface area contributed by atoms with Gasteiger partial charge in [0.15, 0.2) is 5.01 Å². The fraction of sp³-hybridized carbons (Fsp3) is 0.583. The van der Waals surface area contributed by atoms with E-state index >= 15 is 0 Å². The number of hydrogen-bond donors (Lipinski definition) is 2. The number of amides is 3. The molecular weight excluding hydrogens is 628 g/mol. The van der Waals surface area contributed by atoms with E-state index in [4.69, 9.17) is 14.7 Å². The molecule has 7 rings (SSSR count). The molecule has 2 aromatic heterocycles. The number of carbonyl (C=O) groups is 3. The van der Waals surface area contributed by atoms with Gasteiger partial charge in [0.25, 0.3) is 11.8 Å². The molecule has 1 aromatic carbocycles. The lowest BCUT2D eigenvalue weighted by Crippen LogP contribution is -2.70. The molecule has 1 aliphatic carbocycles. The third kappa shape index (κ3) is 6.42. The van der Waals surface area contributed by atoms with Crippen LogP contribution in [0.1, 0.15) is 89.5 Å². The van der Waals surface area contributed by atoms with Gasteiger partial charge in [0, 0.05) is 51.0 Å². The number of rotatable bonds is 7. The van der Waals surface area contributed by atoms with Gasteiger partial charge in [-0.05, 0) is 79.2 Å². The van der Waals surface area contributed by atoms with Gasteiger partial charge in [-0.25, -0.2) is 14.8 Å². The highest BCUT2D eigenvalue weighted by atomic mass is 32.1. The fourth-order valence-corrected chi connectivity index (χ4v) is 8.45. The van der Waals surface area contributed by atoms with E-state index in [-0.39, 0.29) is 42.1 Å². The average Bonchev–Trinajstić information content (AvgIpc) is 3.60. The molecule has 1 spiro atoms. The number of nitrogens with zero attached hydrogens (tertiary/aromatic N) is 5. The number of cyclic esters (lactones) is 1. The zero-order chi connectivity index (χ0) is 33.8. The largest absolute Gasteiger partial charge is 0.447 e. The van der Waals surface area contributed by atoms with Gasteiger partial charge >= 0.3 is 6.09 Å². The highest BCUT2D eigenvalue weighted by molar-refractivity contribution is 7.19. The summed E-state index contributed by atoms with van der Waals surface area (Å²) in [6.07, 6.45) is 4.54. The zero-order valence-corrected chi connectivity index (χ0v) is 29.1. The molecule has 0 bridgehead atoms. The predicted octanol–water partition coefficient (Wildman–Crippen LogP) is 4.44. The predicted molar refractivity (Wildman–Crippen MR) is 183 cm³/mol. The molecule has 2 atom stereocenters. The van der Waals surface area contributed by atoms with E-state index in [0.29, 0.717) is 36.0 Å². The number of benzene rings is 1. The van der Waals surface area contributed by atoms with Crippen LogP contribution in [0, 0.1) is 11.3 Å². The number of aliphatic hydroxyl groups excluding tert-OH is 1. The van der Waals surface area contributed by atoms with E-state index in [1.165, 1.54) is 16.9 Å². The van der Waals surface area contributed by atoms with Crippen LogP contribution in [0.25, 0.3) is 10.3 Å². The lowest BCUT2D eigenvalue weighted by molar-refractivity contribution is 0.00232. The standard InChI is InChI=1S/C36H46N6O5S/c1-35(2,3)25-8-9-27-24(17-25)18-29-31(38-27)48-32(39-29)30(44)37-28(12-15-41-13-10-26(43)11-14-41)22-6-5-7-23(16-22)33(45)42-19-36(20-42)21-47-34(46)40(36)4/h5-7,16,18,25-26,28,43H,8-15,17,19-21H2,1-4H3,(H,37,44)/t25-,28+/m0/s1. The number of likely N-dealkylation sites (N-methyl/N-ethyl adjacent to an activating group) is 1. The van der Waals surface area contributed by atoms with Crippen LogP contribution < -0.4 is 5.32 Å². The Morgan fingerprint density at radius 1 is 1.15 bits per heavy atom. The molecule has 3 aliphatic heterocycles. The van der Waals surface area contributed by atoms with Crippen molar-refractivity contribution in [3.8, 4) is 0 Å². The summed E-state index contributed by atoms with van der Waals surface area (Å²) in [6.45, 7) is 10.4. The number of pyridine rings is 1. The topological polar surface area (TPSA) is 128 Å². The molecule has 3 aromatic rings. The number of hydrogen-bond acceptors (Lipinski definition) is 9. The number of thiazole rings is 1. The summed E-state index contributed by atoms with van der Waals surface area (Å²) >= 11 is 1.33. The van der Waals surface area contributed by atoms with E-state index in [1.54, 1.807) is 22.9 Å². The smallest absolute Gasteiger partial charge is 0.410 e. The van der Waals surface area contributed by atoms with E-state index < -0.39 is 5.54 Å². The summed E-state index contributed by atoms with van der Waals surface area (Å²) in [5.41, 5.74) is 4.29. The van der Waals surface area contributed by atoms with Crippen molar-refractivity contribution in [3.05, 3.63) is 57.7 Å². The lowest BCUT2D eigenvalue weighted by Gasteiger charge is -2.49. The van der Waals surface area contributed by atoms with Crippen molar-refractivity contribution in [1.82, 2.24) is 30.0 Å². The van der Waals surface area contributed by atoms with Gasteiger partial charge in [0.1, 0.15) is 22.5 Å². The van der Waals surface area contributed by atoms with Crippen molar-refractivity contribution in [2.24, 2.45) is 11.3 Å². The summed E-state index contributed by atoms with van der Waals surface area (Å²) < 4.78 is 5.21. The van der Waals surface area contributed by atoms with Gasteiger partial charge < -0.3 is 25.0 Å². The summed E-state index contributed by atoms with van der Waals surface area (Å²) in [4.78, 5) is 55.4. The van der Waals surface area contributed by atoms with E-state index in [0.717, 1.165) is 73.3 Å². The first-order valence-corrected chi connectivity index (χ1v) is 18.0. The number of aromatic nitrogens is 2. The van der Waals surface area contributed by atoms with Crippen LogP contribution in [0.4, 0.5) is 4.79 Å². The zero-order valence-electron chi connectivity index (χ0n) is 28.3. The van der Waals surface area contributed by atoms with Crippen LogP contribution >= 0.6 is 11.3 Å². The quantitative estimate of drug-likeness (QED) is 0.377. The molecule has 0 unspecified atom stereocenters. The number of ether oxygens (including phenoxy) is 1. The number of likely N-dealkylation sites (tertiary alicyclic amines) is 2. The Morgan fingerprint density at radius 2 is 1.92 bits per heavy atom. The van der Waals surface area contributed by atoms with E-state index in [2.05, 4.69) is 37.1 Å². The van der Waals surface area contributed by atoms with Crippen molar-refractivity contribution >= 4 is 39.6 Å². The summed E-state index contributed by atoms with van der Waals surface area (Å²) in [6, 6.07) is 9.26. The van der Waals surface area contributed by atoms with Crippen molar-refractivity contribution < 1.29 is 24.2 Å². The molecular formula is C36H46N6O5S. The molecule has 48 heavy (non-hydrogen) atoms. The van der Waals surface area contributed by atoms with Crippen molar-refractivity contribution in [2.75, 3.05) is 46.4 Å². The van der Waals surface area contributed by atoms with E-state index in [1.807, 2.05) is 18.2 Å². The molecule has 5 heterocycles. The average molecular weight is 675 g/mol. The van der Waals surface area contributed by atoms with Crippen molar-refractivity contribution in [3.63, 3.8) is 0 Å². The van der Waals surface area contributed by atoms with Gasteiger partial charge in [-0.3, -0.25) is 14.5 Å². The number of fused-ring (bicyclic) bond motifs is 2. The molecule has 12 heteroatoms. The van der Waals surface area contributed by atoms with Crippen LogP contribution in [0.15, 0.2) is 30.3 Å². The molecule has 3 amide bonds. The maximum atomic E-state index is 13.8. The van der Waals surface area contributed by atoms with Gasteiger partial charge in [-0.2, -0.15) is 0 Å². The Kier molecular flexibility index (Phi) is 8.70. The van der Waals surface area contributed by atoms with E-state index in [9.17, 15) is 19.5 Å². The molecule has 11 nitrogen and oxygen atoms in total. The Hall–Kier alpha value is -3.61. The number of nitrogens with one attached hydrogen (secondary N) is 1. The molecule has 2 N–H and O–H groups in total. The highest BCUT2D eigenvalue weighted by Gasteiger charge is 2.55. The maximum Gasteiger partial charge on any atom is 0.410 e. The second kappa shape index (κ2) is 12.7. The first kappa shape index (κ1) is 32.9. The first-order chi connectivity index (χ1) is 22.9. The summed E-state index contributed by atoms with van der Waals surface area (Å²) in [5, 5.41) is 13.6. The first-order valence-electron chi connectivity index (χ1n) is 17.2. The third-order valence-corrected chi connectivity index (χ3v) is 12.0. The van der Waals surface area contributed by atoms with Gasteiger partial charge in [0.05, 0.1) is 12.1 Å². The van der Waals surface area contributed by atoms with Crippen LogP contribution in [-0.4, -0.2) is 106 Å². The van der Waals surface area contributed by atoms with Crippen LogP contribution in [0.3, 0.4) is 0 Å². The second-order valence-electron chi connectivity index (χ2n) is 15.3. The van der Waals surface area contributed by atoms with Gasteiger partial charge in [-0.1, -0.05) is 44.2 Å². The van der Waals surface area contributed by atoms with Gasteiger partial charge in [-0.15, -0.1) is 0 Å². The van der Waals surface area contributed by atoms with Crippen molar-refractivity contribution in [1.29, 1.82) is 0 Å². The van der Waals surface area contributed by atoms with Crippen LogP contribution in [-0.2, 0) is 17.6 Å². The molecule has 0 radical (unpaired) electrons. The Morgan fingerprint density at radius 3 is 2.62 bits per heavy atom. The molecule has 4 aliphatic rings. The SMILES string of the molecule is CN1C(=O)OCC12CN(C(=O)c1cccc([C@@H](CCN3CCC(O)CC3)NC(=O)c3nc4cc5c(nc4s3)CC[C@H](C(C)(C)C)C5)c1)C2. The molecule has 0 saturated carbocycles. The second-order valence-corrected chi connectivity index (χ2v) is 16.2. The minimum Gasteiger partial charge on any atom is -0.447 e. The van der Waals surface area contributed by atoms with Crippen LogP contribution in [0.2, 0.25) is 0 Å². The maximum absolute atomic E-state index is 13.8. The monoisotopic (exact) mass is 674 g/mol. The summed E-state index contributed by atoms with van der Waals surface area (Å²) in [7, 11) is 1.71. The Balaban J connectivity index is 1.09. The van der Waals surface area contributed by atoms with Crippen LogP contribution in [0.5, 0.6) is 0 Å². The summed E-state index contributed by atoms with van der Waals surface area (Å²) in [5.74, 6) is 0.222. The Labute approximate surface area is 285 Å². The third-order valence-electron chi connectivity index (χ3n) is 11.0. The van der Waals surface area contributed by atoms with Crippen molar-refractivity contribution in [2.45, 2.75) is 77.0 Å².